The molecule has 0 bridgehead atoms. The van der Waals surface area contributed by atoms with Crippen molar-refractivity contribution in [1.82, 2.24) is 4.90 Å². The van der Waals surface area contributed by atoms with E-state index < -0.39 is 12.0 Å². The average Bonchev–Trinajstić information content (AvgIpc) is 2.79. The van der Waals surface area contributed by atoms with Crippen LogP contribution in [0.2, 0.25) is 5.02 Å². The molecular formula is C25H22ClNO4. The van der Waals surface area contributed by atoms with Crippen molar-refractivity contribution in [3.63, 3.8) is 0 Å². The van der Waals surface area contributed by atoms with E-state index in [1.165, 1.54) is 4.90 Å². The highest BCUT2D eigenvalue weighted by Gasteiger charge is 2.36. The Bertz CT molecular complexity index is 1090. The largest absolute Gasteiger partial charge is 0.487 e. The highest BCUT2D eigenvalue weighted by atomic mass is 35.5. The number of nitrogens with zero attached hydrogens (tertiary/aromatic N) is 1. The van der Waals surface area contributed by atoms with E-state index in [9.17, 15) is 14.7 Å². The lowest BCUT2D eigenvalue weighted by molar-refractivity contribution is -0.151. The number of benzene rings is 3. The topological polar surface area (TPSA) is 66.8 Å². The molecule has 0 aromatic heterocycles. The van der Waals surface area contributed by atoms with Crippen LogP contribution in [0.15, 0.2) is 72.8 Å². The fraction of sp³-hybridized carbons (Fsp3) is 0.200. The zero-order chi connectivity index (χ0) is 21.8. The molecule has 1 aliphatic heterocycles. The molecular weight excluding hydrogens is 414 g/mol. The number of carbonyl (C=O) groups is 2. The van der Waals surface area contributed by atoms with Crippen molar-refractivity contribution >= 4 is 23.5 Å². The molecule has 3 aromatic carbocycles. The first-order chi connectivity index (χ1) is 15.0. The van der Waals surface area contributed by atoms with E-state index in [1.807, 2.05) is 66.7 Å². The van der Waals surface area contributed by atoms with Crippen LogP contribution in [0.5, 0.6) is 5.75 Å². The summed E-state index contributed by atoms with van der Waals surface area (Å²) < 4.78 is 6.01. The number of aliphatic carboxylic acids is 1. The molecule has 4 rings (SSSR count). The summed E-state index contributed by atoms with van der Waals surface area (Å²) in [6.45, 7) is 0.530. The van der Waals surface area contributed by atoms with E-state index >= 15 is 0 Å². The third-order valence-electron chi connectivity index (χ3n) is 5.45. The second-order valence-electron chi connectivity index (χ2n) is 7.53. The van der Waals surface area contributed by atoms with Crippen molar-refractivity contribution in [2.45, 2.75) is 32.0 Å². The number of rotatable bonds is 6. The number of hydrogen-bond acceptors (Lipinski definition) is 3. The molecule has 0 saturated heterocycles. The van der Waals surface area contributed by atoms with Gasteiger partial charge in [-0.1, -0.05) is 78.3 Å². The number of carboxylic acid groups (broad SMARTS) is 1. The molecule has 0 spiro atoms. The molecule has 31 heavy (non-hydrogen) atoms. The fourth-order valence-corrected chi connectivity index (χ4v) is 4.08. The highest BCUT2D eigenvalue weighted by Crippen LogP contribution is 2.37. The van der Waals surface area contributed by atoms with Crippen LogP contribution in [0.4, 0.5) is 0 Å². The van der Waals surface area contributed by atoms with Gasteiger partial charge in [-0.05, 0) is 22.8 Å². The smallest absolute Gasteiger partial charge is 0.326 e. The van der Waals surface area contributed by atoms with E-state index in [4.69, 9.17) is 16.3 Å². The van der Waals surface area contributed by atoms with E-state index in [0.717, 1.165) is 22.3 Å². The predicted molar refractivity (Wildman–Crippen MR) is 118 cm³/mol. The molecule has 0 aliphatic carbocycles. The second kappa shape index (κ2) is 9.23. The van der Waals surface area contributed by atoms with E-state index in [2.05, 4.69) is 0 Å². The summed E-state index contributed by atoms with van der Waals surface area (Å²) in [5.41, 5.74) is 3.44. The van der Waals surface area contributed by atoms with Crippen LogP contribution < -0.4 is 4.74 Å². The monoisotopic (exact) mass is 435 g/mol. The maximum atomic E-state index is 13.0. The summed E-state index contributed by atoms with van der Waals surface area (Å²) in [5, 5.41) is 10.3. The summed E-state index contributed by atoms with van der Waals surface area (Å²) in [6, 6.07) is 21.6. The SMILES string of the molecule is O=C(O)[C@@H]1Cc2c(ccc(Cl)c2OCc2ccccc2)CN1C(=O)Cc1ccccc1. The van der Waals surface area contributed by atoms with Gasteiger partial charge in [-0.25, -0.2) is 4.79 Å². The summed E-state index contributed by atoms with van der Waals surface area (Å²) in [7, 11) is 0. The molecule has 6 heteroatoms. The van der Waals surface area contributed by atoms with Crippen molar-refractivity contribution < 1.29 is 19.4 Å². The molecule has 1 N–H and O–H groups in total. The second-order valence-corrected chi connectivity index (χ2v) is 7.94. The molecule has 0 unspecified atom stereocenters. The number of halogens is 1. The summed E-state index contributed by atoms with van der Waals surface area (Å²) >= 11 is 6.41. The van der Waals surface area contributed by atoms with E-state index in [0.29, 0.717) is 17.4 Å². The van der Waals surface area contributed by atoms with Crippen LogP contribution in [0, 0.1) is 0 Å². The molecule has 158 valence electrons. The first-order valence-corrected chi connectivity index (χ1v) is 10.4. The molecule has 1 amide bonds. The van der Waals surface area contributed by atoms with Crippen LogP contribution in [0.1, 0.15) is 22.3 Å². The van der Waals surface area contributed by atoms with E-state index in [1.54, 1.807) is 6.07 Å². The maximum absolute atomic E-state index is 13.0. The quantitative estimate of drug-likeness (QED) is 0.619. The van der Waals surface area contributed by atoms with Crippen molar-refractivity contribution in [2.75, 3.05) is 0 Å². The average molecular weight is 436 g/mol. The Morgan fingerprint density at radius 2 is 1.61 bits per heavy atom. The van der Waals surface area contributed by atoms with Gasteiger partial charge in [0.05, 0.1) is 11.4 Å². The Kier molecular flexibility index (Phi) is 6.23. The Morgan fingerprint density at radius 1 is 0.968 bits per heavy atom. The van der Waals surface area contributed by atoms with Crippen LogP contribution in [-0.2, 0) is 35.6 Å². The zero-order valence-corrected chi connectivity index (χ0v) is 17.6. The Morgan fingerprint density at radius 3 is 2.26 bits per heavy atom. The van der Waals surface area contributed by atoms with Gasteiger partial charge in [-0.3, -0.25) is 4.79 Å². The number of fused-ring (bicyclic) bond motifs is 1. The maximum Gasteiger partial charge on any atom is 0.326 e. The standard InChI is InChI=1S/C25H22ClNO4/c26-21-12-11-19-15-27(23(28)13-17-7-3-1-4-8-17)22(25(29)30)14-20(19)24(21)31-16-18-9-5-2-6-10-18/h1-12,22H,13-16H2,(H,29,30)/t22-/m0/s1. The minimum Gasteiger partial charge on any atom is -0.487 e. The first-order valence-electron chi connectivity index (χ1n) is 10.1. The predicted octanol–water partition coefficient (Wildman–Crippen LogP) is 4.50. The van der Waals surface area contributed by atoms with Crippen molar-refractivity contribution in [3.8, 4) is 5.75 Å². The first kappa shape index (κ1) is 20.9. The third kappa shape index (κ3) is 4.72. The lowest BCUT2D eigenvalue weighted by Crippen LogP contribution is -2.49. The number of amides is 1. The molecule has 5 nitrogen and oxygen atoms in total. The molecule has 3 aromatic rings. The zero-order valence-electron chi connectivity index (χ0n) is 16.8. The van der Waals surface area contributed by atoms with Gasteiger partial charge in [0, 0.05) is 18.5 Å². The molecule has 1 atom stereocenters. The fourth-order valence-electron chi connectivity index (χ4n) is 3.85. The van der Waals surface area contributed by atoms with Gasteiger partial charge in [-0.15, -0.1) is 0 Å². The summed E-state index contributed by atoms with van der Waals surface area (Å²) in [6.07, 6.45) is 0.306. The molecule has 0 saturated carbocycles. The Hall–Kier alpha value is -3.31. The molecule has 1 aliphatic rings. The van der Waals surface area contributed by atoms with Gasteiger partial charge in [0.2, 0.25) is 5.91 Å². The molecule has 0 fully saturated rings. The van der Waals surface area contributed by atoms with Crippen LogP contribution >= 0.6 is 11.6 Å². The van der Waals surface area contributed by atoms with E-state index in [-0.39, 0.29) is 25.3 Å². The van der Waals surface area contributed by atoms with Crippen LogP contribution in [0.25, 0.3) is 0 Å². The van der Waals surface area contributed by atoms with Gasteiger partial charge in [0.1, 0.15) is 18.4 Å². The van der Waals surface area contributed by atoms with Gasteiger partial charge < -0.3 is 14.7 Å². The summed E-state index contributed by atoms with van der Waals surface area (Å²) in [5.74, 6) is -0.767. The van der Waals surface area contributed by atoms with Crippen molar-refractivity contribution in [1.29, 1.82) is 0 Å². The molecule has 1 heterocycles. The van der Waals surface area contributed by atoms with Crippen molar-refractivity contribution in [2.24, 2.45) is 0 Å². The summed E-state index contributed by atoms with van der Waals surface area (Å²) in [4.78, 5) is 26.4. The van der Waals surface area contributed by atoms with Gasteiger partial charge in [-0.2, -0.15) is 0 Å². The van der Waals surface area contributed by atoms with Gasteiger partial charge >= 0.3 is 5.97 Å². The normalized spacial score (nSPS) is 15.3. The number of carbonyl (C=O) groups excluding carboxylic acids is 1. The van der Waals surface area contributed by atoms with Crippen LogP contribution in [-0.4, -0.2) is 27.9 Å². The minimum atomic E-state index is -1.04. The Balaban J connectivity index is 1.60. The van der Waals surface area contributed by atoms with Crippen LogP contribution in [0.3, 0.4) is 0 Å². The lowest BCUT2D eigenvalue weighted by Gasteiger charge is -2.35. The molecule has 0 radical (unpaired) electrons. The number of ether oxygens (including phenoxy) is 1. The Labute approximate surface area is 185 Å². The lowest BCUT2D eigenvalue weighted by atomic mass is 9.92. The van der Waals surface area contributed by atoms with Gasteiger partial charge in [0.15, 0.2) is 0 Å². The van der Waals surface area contributed by atoms with Gasteiger partial charge in [0.25, 0.3) is 0 Å². The van der Waals surface area contributed by atoms with Crippen molar-refractivity contribution in [3.05, 3.63) is 100 Å². The minimum absolute atomic E-state index is 0.149. The highest BCUT2D eigenvalue weighted by molar-refractivity contribution is 6.32. The third-order valence-corrected chi connectivity index (χ3v) is 5.75. The number of hydrogen-bond donors (Lipinski definition) is 1. The number of carboxylic acids is 1.